The van der Waals surface area contributed by atoms with Gasteiger partial charge < -0.3 is 5.11 Å². The Bertz CT molecular complexity index is 691. The number of benzene rings is 1. The summed E-state index contributed by atoms with van der Waals surface area (Å²) in [7, 11) is 0. The highest BCUT2D eigenvalue weighted by Gasteiger charge is 2.21. The molecule has 5 nitrogen and oxygen atoms in total. The molecule has 0 spiro atoms. The average molecular weight is 325 g/mol. The van der Waals surface area contributed by atoms with Gasteiger partial charge in [-0.3, -0.25) is 14.5 Å². The van der Waals surface area contributed by atoms with Crippen molar-refractivity contribution in [2.24, 2.45) is 0 Å². The minimum absolute atomic E-state index is 0.155. The number of hydrogen-bond donors (Lipinski definition) is 1. The second kappa shape index (κ2) is 6.56. The number of aromatic nitrogens is 1. The predicted molar refractivity (Wildman–Crippen MR) is 80.0 cm³/mol. The van der Waals surface area contributed by atoms with Crippen LogP contribution in [-0.2, 0) is 4.79 Å². The molecule has 0 unspecified atom stereocenters. The van der Waals surface area contributed by atoms with Crippen LogP contribution in [0.2, 0.25) is 10.2 Å². The molecule has 7 heteroatoms. The number of hydrogen-bond acceptors (Lipinski definition) is 3. The molecule has 0 bridgehead atoms. The summed E-state index contributed by atoms with van der Waals surface area (Å²) >= 11 is 11.6. The molecule has 0 aliphatic heterocycles. The molecule has 21 heavy (non-hydrogen) atoms. The third-order valence-electron chi connectivity index (χ3n) is 2.63. The molecule has 0 aliphatic carbocycles. The van der Waals surface area contributed by atoms with Gasteiger partial charge in [-0.2, -0.15) is 0 Å². The first-order chi connectivity index (χ1) is 9.97. The standard InChI is InChI=1S/C14H10Cl2N2O3/c15-10-2-1-3-11(7-10)18(8-13(19)20)14(21)9-4-5-17-12(16)6-9/h1-7H,8H2,(H,19,20). The summed E-state index contributed by atoms with van der Waals surface area (Å²) < 4.78 is 0. The first kappa shape index (κ1) is 15.3. The van der Waals surface area contributed by atoms with Crippen LogP contribution in [0, 0.1) is 0 Å². The number of pyridine rings is 1. The summed E-state index contributed by atoms with van der Waals surface area (Å²) in [5, 5.41) is 9.56. The molecule has 1 heterocycles. The summed E-state index contributed by atoms with van der Waals surface area (Å²) in [6.07, 6.45) is 1.38. The summed E-state index contributed by atoms with van der Waals surface area (Å²) in [4.78, 5) is 28.4. The van der Waals surface area contributed by atoms with Crippen LogP contribution in [-0.4, -0.2) is 28.5 Å². The van der Waals surface area contributed by atoms with Gasteiger partial charge in [0.05, 0.1) is 0 Å². The number of aliphatic carboxylic acids is 1. The molecule has 1 aromatic heterocycles. The smallest absolute Gasteiger partial charge is 0.323 e. The zero-order chi connectivity index (χ0) is 15.4. The van der Waals surface area contributed by atoms with E-state index in [1.165, 1.54) is 24.4 Å². The van der Waals surface area contributed by atoms with Gasteiger partial charge in [0.15, 0.2) is 0 Å². The van der Waals surface area contributed by atoms with E-state index in [0.717, 1.165) is 4.90 Å². The van der Waals surface area contributed by atoms with Crippen LogP contribution in [0.3, 0.4) is 0 Å². The van der Waals surface area contributed by atoms with Crippen molar-refractivity contribution in [3.63, 3.8) is 0 Å². The molecule has 0 aliphatic rings. The highest BCUT2D eigenvalue weighted by Crippen LogP contribution is 2.22. The lowest BCUT2D eigenvalue weighted by Gasteiger charge is -2.21. The Morgan fingerprint density at radius 2 is 1.95 bits per heavy atom. The van der Waals surface area contributed by atoms with Crippen LogP contribution in [0.1, 0.15) is 10.4 Å². The Balaban J connectivity index is 2.40. The summed E-state index contributed by atoms with van der Waals surface area (Å²) in [5.74, 6) is -1.63. The van der Waals surface area contributed by atoms with Crippen molar-refractivity contribution in [3.8, 4) is 0 Å². The lowest BCUT2D eigenvalue weighted by atomic mass is 10.2. The highest BCUT2D eigenvalue weighted by atomic mass is 35.5. The number of anilines is 1. The number of halogens is 2. The second-order valence-electron chi connectivity index (χ2n) is 4.13. The molecule has 0 saturated carbocycles. The maximum Gasteiger partial charge on any atom is 0.323 e. The SMILES string of the molecule is O=C(O)CN(C(=O)c1ccnc(Cl)c1)c1cccc(Cl)c1. The van der Waals surface area contributed by atoms with E-state index in [2.05, 4.69) is 4.98 Å². The van der Waals surface area contributed by atoms with Crippen LogP contribution in [0.25, 0.3) is 0 Å². The molecule has 108 valence electrons. The third kappa shape index (κ3) is 3.93. The maximum atomic E-state index is 12.5. The van der Waals surface area contributed by atoms with Crippen LogP contribution in [0.5, 0.6) is 0 Å². The third-order valence-corrected chi connectivity index (χ3v) is 3.07. The van der Waals surface area contributed by atoms with Gasteiger partial charge in [-0.1, -0.05) is 29.3 Å². The molecular formula is C14H10Cl2N2O3. The first-order valence-electron chi connectivity index (χ1n) is 5.88. The molecule has 2 rings (SSSR count). The fraction of sp³-hybridized carbons (Fsp3) is 0.0714. The van der Waals surface area contributed by atoms with Crippen molar-refractivity contribution >= 4 is 40.8 Å². The van der Waals surface area contributed by atoms with Gasteiger partial charge in [-0.15, -0.1) is 0 Å². The average Bonchev–Trinajstić information content (AvgIpc) is 2.44. The Kier molecular flexibility index (Phi) is 4.77. The van der Waals surface area contributed by atoms with E-state index < -0.39 is 18.4 Å². The predicted octanol–water partition coefficient (Wildman–Crippen LogP) is 3.12. The Morgan fingerprint density at radius 3 is 2.57 bits per heavy atom. The van der Waals surface area contributed by atoms with Crippen molar-refractivity contribution in [2.45, 2.75) is 0 Å². The number of carboxylic acids is 1. The molecular weight excluding hydrogens is 315 g/mol. The number of carboxylic acid groups (broad SMARTS) is 1. The van der Waals surface area contributed by atoms with E-state index in [1.54, 1.807) is 18.2 Å². The quantitative estimate of drug-likeness (QED) is 0.877. The first-order valence-corrected chi connectivity index (χ1v) is 6.64. The fourth-order valence-corrected chi connectivity index (χ4v) is 2.11. The summed E-state index contributed by atoms with van der Waals surface area (Å²) in [5.41, 5.74) is 0.638. The lowest BCUT2D eigenvalue weighted by molar-refractivity contribution is -0.135. The van der Waals surface area contributed by atoms with Gasteiger partial charge in [-0.25, -0.2) is 4.98 Å². The zero-order valence-corrected chi connectivity index (χ0v) is 12.2. The maximum absolute atomic E-state index is 12.5. The van der Waals surface area contributed by atoms with Crippen LogP contribution in [0.15, 0.2) is 42.6 Å². The van der Waals surface area contributed by atoms with Crippen molar-refractivity contribution in [2.75, 3.05) is 11.4 Å². The molecule has 1 N–H and O–H groups in total. The second-order valence-corrected chi connectivity index (χ2v) is 4.96. The number of rotatable bonds is 4. The highest BCUT2D eigenvalue weighted by molar-refractivity contribution is 6.31. The molecule has 2 aromatic rings. The molecule has 0 fully saturated rings. The number of nitrogens with zero attached hydrogens (tertiary/aromatic N) is 2. The molecule has 0 atom stereocenters. The van der Waals surface area contributed by atoms with Crippen LogP contribution >= 0.6 is 23.2 Å². The Morgan fingerprint density at radius 1 is 1.19 bits per heavy atom. The van der Waals surface area contributed by atoms with Gasteiger partial charge >= 0.3 is 5.97 Å². The molecule has 1 amide bonds. The molecule has 1 aromatic carbocycles. The Hall–Kier alpha value is -2.11. The minimum Gasteiger partial charge on any atom is -0.480 e. The van der Waals surface area contributed by atoms with E-state index in [4.69, 9.17) is 28.3 Å². The van der Waals surface area contributed by atoms with Crippen molar-refractivity contribution < 1.29 is 14.7 Å². The summed E-state index contributed by atoms with van der Waals surface area (Å²) in [6, 6.07) is 9.24. The van der Waals surface area contributed by atoms with E-state index in [1.807, 2.05) is 0 Å². The van der Waals surface area contributed by atoms with Gasteiger partial charge in [-0.05, 0) is 30.3 Å². The van der Waals surface area contributed by atoms with Gasteiger partial charge in [0, 0.05) is 22.5 Å². The summed E-state index contributed by atoms with van der Waals surface area (Å²) in [6.45, 7) is -0.487. The fourth-order valence-electron chi connectivity index (χ4n) is 1.75. The molecule has 0 saturated heterocycles. The number of carbonyl (C=O) groups is 2. The minimum atomic E-state index is -1.14. The molecule has 0 radical (unpaired) electrons. The zero-order valence-electron chi connectivity index (χ0n) is 10.7. The van der Waals surface area contributed by atoms with Crippen LogP contribution in [0.4, 0.5) is 5.69 Å². The van der Waals surface area contributed by atoms with E-state index in [9.17, 15) is 9.59 Å². The van der Waals surface area contributed by atoms with Gasteiger partial charge in [0.2, 0.25) is 0 Å². The normalized spacial score (nSPS) is 10.2. The van der Waals surface area contributed by atoms with E-state index >= 15 is 0 Å². The number of carbonyl (C=O) groups excluding carboxylic acids is 1. The van der Waals surface area contributed by atoms with Crippen molar-refractivity contribution in [3.05, 3.63) is 58.3 Å². The Labute approximate surface area is 130 Å². The van der Waals surface area contributed by atoms with Crippen molar-refractivity contribution in [1.29, 1.82) is 0 Å². The van der Waals surface area contributed by atoms with E-state index in [-0.39, 0.29) is 10.7 Å². The number of amides is 1. The monoisotopic (exact) mass is 324 g/mol. The van der Waals surface area contributed by atoms with Crippen LogP contribution < -0.4 is 4.90 Å². The largest absolute Gasteiger partial charge is 0.480 e. The lowest BCUT2D eigenvalue weighted by Crippen LogP contribution is -2.35. The van der Waals surface area contributed by atoms with Gasteiger partial charge in [0.25, 0.3) is 5.91 Å². The van der Waals surface area contributed by atoms with E-state index in [0.29, 0.717) is 10.7 Å². The van der Waals surface area contributed by atoms with Gasteiger partial charge in [0.1, 0.15) is 11.7 Å². The topological polar surface area (TPSA) is 70.5 Å². The van der Waals surface area contributed by atoms with Crippen molar-refractivity contribution in [1.82, 2.24) is 4.98 Å².